The maximum Gasteiger partial charge on any atom is 0.245 e. The second kappa shape index (κ2) is 12.8. The largest absolute Gasteiger partial charge is 0.488 e. The van der Waals surface area contributed by atoms with Crippen molar-refractivity contribution in [3.8, 4) is 17.4 Å². The lowest BCUT2D eigenvalue weighted by atomic mass is 10.1. The van der Waals surface area contributed by atoms with Crippen molar-refractivity contribution < 1.29 is 14.3 Å². The molecular weight excluding hydrogens is 596 g/mol. The highest BCUT2D eigenvalue weighted by Crippen LogP contribution is 2.42. The summed E-state index contributed by atoms with van der Waals surface area (Å²) in [6.07, 6.45) is 8.56. The van der Waals surface area contributed by atoms with Gasteiger partial charge in [0.25, 0.3) is 0 Å². The molecule has 2 fully saturated rings. The van der Waals surface area contributed by atoms with E-state index in [1.54, 1.807) is 23.2 Å². The number of benzene rings is 2. The maximum atomic E-state index is 12.2. The molecule has 13 heteroatoms. The third-order valence-corrected chi connectivity index (χ3v) is 8.97. The zero-order valence-corrected chi connectivity index (χ0v) is 26.8. The Morgan fingerprint density at radius 1 is 1.00 bits per heavy atom. The molecule has 0 radical (unpaired) electrons. The van der Waals surface area contributed by atoms with Crippen molar-refractivity contribution in [1.82, 2.24) is 39.3 Å². The molecule has 3 aromatic heterocycles. The normalized spacial score (nSPS) is 17.1. The lowest BCUT2D eigenvalue weighted by Crippen LogP contribution is -2.41. The number of nitrogens with one attached hydrogen (secondary N) is 1. The van der Waals surface area contributed by atoms with E-state index in [0.29, 0.717) is 42.2 Å². The van der Waals surface area contributed by atoms with E-state index in [1.807, 2.05) is 42.2 Å². The van der Waals surface area contributed by atoms with Crippen LogP contribution in [0.15, 0.2) is 68.0 Å². The van der Waals surface area contributed by atoms with Gasteiger partial charge in [-0.1, -0.05) is 6.58 Å². The van der Waals surface area contributed by atoms with Crippen molar-refractivity contribution in [2.24, 2.45) is 0 Å². The number of ether oxygens (including phenoxy) is 2. The number of fused-ring (bicyclic) bond motifs is 2. The van der Waals surface area contributed by atoms with Crippen molar-refractivity contribution in [3.05, 3.63) is 73.6 Å². The Kier molecular flexibility index (Phi) is 8.29. The van der Waals surface area contributed by atoms with Crippen LogP contribution in [-0.4, -0.2) is 97.7 Å². The van der Waals surface area contributed by atoms with Crippen molar-refractivity contribution in [2.75, 3.05) is 50.5 Å². The minimum atomic E-state index is -0.0330. The average molecular weight is 635 g/mol. The van der Waals surface area contributed by atoms with Crippen LogP contribution in [0.4, 0.5) is 17.2 Å². The van der Waals surface area contributed by atoms with Gasteiger partial charge in [-0.15, -0.1) is 0 Å². The van der Waals surface area contributed by atoms with Crippen LogP contribution in [-0.2, 0) is 4.79 Å². The molecule has 13 nitrogen and oxygen atoms in total. The van der Waals surface area contributed by atoms with Gasteiger partial charge in [-0.05, 0) is 69.4 Å². The van der Waals surface area contributed by atoms with Gasteiger partial charge < -0.3 is 29.5 Å². The summed E-state index contributed by atoms with van der Waals surface area (Å²) in [5.74, 6) is 2.59. The predicted molar refractivity (Wildman–Crippen MR) is 180 cm³/mol. The molecule has 1 unspecified atom stereocenters. The topological polar surface area (TPSA) is 126 Å². The maximum absolute atomic E-state index is 12.2. The second-order valence-electron chi connectivity index (χ2n) is 12.2. The van der Waals surface area contributed by atoms with Gasteiger partial charge in [-0.2, -0.15) is 5.10 Å². The number of likely N-dealkylation sites (N-methyl/N-ethyl adjacent to an activating group) is 1. The number of carbonyl (C=O) groups excluding carboxylic acids is 1. The van der Waals surface area contributed by atoms with Gasteiger partial charge in [0, 0.05) is 56.8 Å². The number of amides is 1. The van der Waals surface area contributed by atoms with E-state index in [1.165, 1.54) is 12.4 Å². The number of hydrogen-bond acceptors (Lipinski definition) is 11. The average Bonchev–Trinajstić information content (AvgIpc) is 3.76. The van der Waals surface area contributed by atoms with Crippen molar-refractivity contribution in [1.29, 1.82) is 0 Å². The minimum absolute atomic E-state index is 0.0106. The van der Waals surface area contributed by atoms with Gasteiger partial charge in [0.1, 0.15) is 42.4 Å². The highest BCUT2D eigenvalue weighted by atomic mass is 16.5. The summed E-state index contributed by atoms with van der Waals surface area (Å²) in [5.41, 5.74) is 4.27. The Labute approximate surface area is 272 Å². The molecule has 1 atom stereocenters. The minimum Gasteiger partial charge on any atom is -0.488 e. The second-order valence-corrected chi connectivity index (χ2v) is 12.2. The zero-order chi connectivity index (χ0) is 32.5. The third-order valence-electron chi connectivity index (χ3n) is 8.97. The zero-order valence-electron chi connectivity index (χ0n) is 26.8. The number of aryl methyl sites for hydroxylation is 1. The highest BCUT2D eigenvalue weighted by Gasteiger charge is 2.31. The number of rotatable bonds is 9. The number of hydrogen-bond donors (Lipinski definition) is 1. The molecule has 7 rings (SSSR count). The van der Waals surface area contributed by atoms with E-state index < -0.39 is 0 Å². The highest BCUT2D eigenvalue weighted by molar-refractivity contribution is 6.03. The number of aromatic nitrogens is 6. The summed E-state index contributed by atoms with van der Waals surface area (Å²) >= 11 is 0. The Morgan fingerprint density at radius 3 is 2.60 bits per heavy atom. The molecule has 2 saturated heterocycles. The summed E-state index contributed by atoms with van der Waals surface area (Å²) < 4.78 is 14.4. The summed E-state index contributed by atoms with van der Waals surface area (Å²) in [4.78, 5) is 36.6. The van der Waals surface area contributed by atoms with Crippen LogP contribution in [0.3, 0.4) is 0 Å². The molecule has 5 heterocycles. The molecule has 1 N–H and O–H groups in total. The van der Waals surface area contributed by atoms with E-state index in [2.05, 4.69) is 55.8 Å². The van der Waals surface area contributed by atoms with Crippen molar-refractivity contribution in [2.45, 2.75) is 38.3 Å². The van der Waals surface area contributed by atoms with Crippen LogP contribution < -0.4 is 19.7 Å². The Morgan fingerprint density at radius 2 is 1.83 bits per heavy atom. The van der Waals surface area contributed by atoms with Gasteiger partial charge >= 0.3 is 0 Å². The fraction of sp³-hybridized carbons (Fsp3) is 0.353. The summed E-state index contributed by atoms with van der Waals surface area (Å²) in [6.45, 7) is 8.67. The molecule has 5 aromatic rings. The van der Waals surface area contributed by atoms with E-state index >= 15 is 0 Å². The first kappa shape index (κ1) is 30.4. The molecule has 0 aliphatic carbocycles. The third kappa shape index (κ3) is 6.26. The molecule has 2 aromatic carbocycles. The molecule has 242 valence electrons. The first-order chi connectivity index (χ1) is 22.9. The number of anilines is 3. The number of carbonyl (C=O) groups is 1. The van der Waals surface area contributed by atoms with Crippen LogP contribution in [0, 0.1) is 6.92 Å². The van der Waals surface area contributed by atoms with Crippen LogP contribution >= 0.6 is 0 Å². The van der Waals surface area contributed by atoms with Crippen LogP contribution in [0.25, 0.3) is 16.6 Å². The Bertz CT molecular complexity index is 1930. The standard InChI is InChI=1S/C34H38N10O3/c1-5-31(45)42-14-11-25(12-15-42)46-28-9-7-26-32(33(28)43-13-10-24(18-43)41(3)4)34(37-19-35-26)40-23-6-8-27(22(2)16-23)47-30-17-29-36-20-39-44(29)21-38-30/h5-9,16-17,19-21,24-25H,1,10-15,18H2,2-4H3,(H,35,37,40). The lowest BCUT2D eigenvalue weighted by Gasteiger charge is -2.33. The van der Waals surface area contributed by atoms with Crippen molar-refractivity contribution in [3.63, 3.8) is 0 Å². The summed E-state index contributed by atoms with van der Waals surface area (Å²) in [6, 6.07) is 12.1. The van der Waals surface area contributed by atoms with E-state index in [9.17, 15) is 4.79 Å². The van der Waals surface area contributed by atoms with E-state index in [4.69, 9.17) is 14.5 Å². The summed E-state index contributed by atoms with van der Waals surface area (Å²) in [7, 11) is 4.25. The number of piperidine rings is 1. The van der Waals surface area contributed by atoms with Gasteiger partial charge in [0.2, 0.25) is 11.8 Å². The van der Waals surface area contributed by atoms with Gasteiger partial charge in [0.15, 0.2) is 5.65 Å². The number of likely N-dealkylation sites (tertiary alicyclic amines) is 1. The van der Waals surface area contributed by atoms with Crippen LogP contribution in [0.1, 0.15) is 24.8 Å². The van der Waals surface area contributed by atoms with Gasteiger partial charge in [0.05, 0.1) is 16.6 Å². The fourth-order valence-electron chi connectivity index (χ4n) is 6.35. The summed E-state index contributed by atoms with van der Waals surface area (Å²) in [5, 5.41) is 8.56. The molecule has 47 heavy (non-hydrogen) atoms. The Balaban J connectivity index is 1.19. The number of nitrogens with zero attached hydrogens (tertiary/aromatic N) is 9. The first-order valence-corrected chi connectivity index (χ1v) is 15.8. The fourth-order valence-corrected chi connectivity index (χ4v) is 6.35. The van der Waals surface area contributed by atoms with Gasteiger partial charge in [-0.3, -0.25) is 4.79 Å². The van der Waals surface area contributed by atoms with E-state index in [0.717, 1.165) is 65.9 Å². The molecule has 2 aliphatic rings. The first-order valence-electron chi connectivity index (χ1n) is 15.8. The quantitative estimate of drug-likeness (QED) is 0.229. The SMILES string of the molecule is C=CC(=O)N1CCC(Oc2ccc3ncnc(Nc4ccc(Oc5cc6ncnn6cn5)c(C)c4)c3c2N2CCC(N(C)C)C2)CC1. The Hall–Kier alpha value is -5.30. The van der Waals surface area contributed by atoms with Crippen LogP contribution in [0.2, 0.25) is 0 Å². The molecular formula is C34H38N10O3. The molecule has 0 spiro atoms. The lowest BCUT2D eigenvalue weighted by molar-refractivity contribution is -0.127. The van der Waals surface area contributed by atoms with E-state index in [-0.39, 0.29) is 12.0 Å². The van der Waals surface area contributed by atoms with Crippen LogP contribution in [0.5, 0.6) is 17.4 Å². The molecule has 0 saturated carbocycles. The van der Waals surface area contributed by atoms with Gasteiger partial charge in [-0.25, -0.2) is 24.5 Å². The smallest absolute Gasteiger partial charge is 0.245 e. The molecule has 1 amide bonds. The predicted octanol–water partition coefficient (Wildman–Crippen LogP) is 4.61. The molecule has 0 bridgehead atoms. The monoisotopic (exact) mass is 634 g/mol. The van der Waals surface area contributed by atoms with Crippen molar-refractivity contribution >= 4 is 39.6 Å². The molecule has 2 aliphatic heterocycles.